The number of benzene rings is 1. The Balaban J connectivity index is 2.56. The highest BCUT2D eigenvalue weighted by Gasteiger charge is 2.23. The van der Waals surface area contributed by atoms with Gasteiger partial charge >= 0.3 is 5.69 Å². The van der Waals surface area contributed by atoms with Gasteiger partial charge in [0, 0.05) is 6.54 Å². The van der Waals surface area contributed by atoms with Crippen molar-refractivity contribution in [3.63, 3.8) is 0 Å². The molecule has 0 saturated heterocycles. The summed E-state index contributed by atoms with van der Waals surface area (Å²) >= 11 is 7.56. The summed E-state index contributed by atoms with van der Waals surface area (Å²) in [4.78, 5) is 22.2. The molecule has 0 saturated carbocycles. The van der Waals surface area contributed by atoms with E-state index in [4.69, 9.17) is 11.6 Å². The Kier molecular flexibility index (Phi) is 7.40. The van der Waals surface area contributed by atoms with Crippen LogP contribution in [0.15, 0.2) is 18.2 Å². The molecule has 0 spiro atoms. The lowest BCUT2D eigenvalue weighted by Crippen LogP contribution is -2.25. The van der Waals surface area contributed by atoms with E-state index in [-0.39, 0.29) is 16.3 Å². The summed E-state index contributed by atoms with van der Waals surface area (Å²) in [6.07, 6.45) is 5.05. The molecule has 110 valence electrons. The van der Waals surface area contributed by atoms with Gasteiger partial charge in [0.2, 0.25) is 0 Å². The predicted octanol–water partition coefficient (Wildman–Crippen LogP) is 3.51. The van der Waals surface area contributed by atoms with Crippen molar-refractivity contribution in [2.24, 2.45) is 0 Å². The van der Waals surface area contributed by atoms with Gasteiger partial charge in [-0.05, 0) is 37.0 Å². The number of rotatable bonds is 8. The Hall–Kier alpha value is -1.27. The molecule has 7 heteroatoms. The maximum Gasteiger partial charge on any atom is 0.300 e. The van der Waals surface area contributed by atoms with E-state index in [2.05, 4.69) is 11.6 Å². The van der Waals surface area contributed by atoms with Crippen LogP contribution in [0.5, 0.6) is 0 Å². The van der Waals surface area contributed by atoms with Crippen LogP contribution in [0.2, 0.25) is 5.02 Å². The third kappa shape index (κ3) is 5.02. The van der Waals surface area contributed by atoms with Gasteiger partial charge in [-0.1, -0.05) is 24.1 Å². The minimum Gasteiger partial charge on any atom is -0.352 e. The number of unbranched alkanes of at least 4 members (excludes halogenated alkanes) is 2. The molecule has 0 aliphatic carbocycles. The molecular formula is C13H17ClN2O3S. The number of carbonyl (C=O) groups excluding carboxylic acids is 1. The number of carbonyl (C=O) groups is 1. The molecule has 0 atom stereocenters. The van der Waals surface area contributed by atoms with Gasteiger partial charge in [-0.25, -0.2) is 0 Å². The molecule has 0 unspecified atom stereocenters. The van der Waals surface area contributed by atoms with Crippen molar-refractivity contribution in [1.82, 2.24) is 5.32 Å². The maximum atomic E-state index is 11.9. The van der Waals surface area contributed by atoms with E-state index < -0.39 is 10.8 Å². The zero-order valence-electron chi connectivity index (χ0n) is 11.2. The average Bonchev–Trinajstić information content (AvgIpc) is 2.41. The van der Waals surface area contributed by atoms with Crippen LogP contribution < -0.4 is 5.32 Å². The van der Waals surface area contributed by atoms with Gasteiger partial charge in [0.25, 0.3) is 5.91 Å². The second kappa shape index (κ2) is 8.81. The number of hydrogen-bond acceptors (Lipinski definition) is 4. The lowest BCUT2D eigenvalue weighted by Gasteiger charge is -2.06. The van der Waals surface area contributed by atoms with Crippen LogP contribution in [-0.2, 0) is 0 Å². The molecule has 1 amide bonds. The monoisotopic (exact) mass is 316 g/mol. The van der Waals surface area contributed by atoms with E-state index in [0.717, 1.165) is 25.0 Å². The zero-order chi connectivity index (χ0) is 15.0. The summed E-state index contributed by atoms with van der Waals surface area (Å²) < 4.78 is 0. The van der Waals surface area contributed by atoms with Crippen LogP contribution >= 0.6 is 23.4 Å². The second-order valence-corrected chi connectivity index (χ2v) is 5.60. The number of nitro benzene ring substituents is 1. The highest BCUT2D eigenvalue weighted by Crippen LogP contribution is 2.27. The van der Waals surface area contributed by atoms with E-state index in [1.807, 2.05) is 0 Å². The van der Waals surface area contributed by atoms with E-state index in [0.29, 0.717) is 6.54 Å². The first-order valence-corrected chi connectivity index (χ1v) is 8.05. The fraction of sp³-hybridized carbons (Fsp3) is 0.462. The lowest BCUT2D eigenvalue weighted by atomic mass is 10.1. The first-order valence-electron chi connectivity index (χ1n) is 6.28. The summed E-state index contributed by atoms with van der Waals surface area (Å²) in [5.41, 5.74) is -0.333. The Morgan fingerprint density at radius 3 is 2.80 bits per heavy atom. The van der Waals surface area contributed by atoms with Crippen LogP contribution in [0, 0.1) is 10.1 Å². The number of hydrogen-bond donors (Lipinski definition) is 1. The third-order valence-electron chi connectivity index (χ3n) is 2.72. The van der Waals surface area contributed by atoms with Crippen LogP contribution in [0.25, 0.3) is 0 Å². The van der Waals surface area contributed by atoms with Crippen molar-refractivity contribution in [1.29, 1.82) is 0 Å². The Labute approximate surface area is 127 Å². The van der Waals surface area contributed by atoms with Crippen molar-refractivity contribution in [3.05, 3.63) is 38.9 Å². The van der Waals surface area contributed by atoms with Crippen molar-refractivity contribution < 1.29 is 9.72 Å². The van der Waals surface area contributed by atoms with Gasteiger partial charge in [0.05, 0.1) is 4.92 Å². The number of nitro groups is 1. The summed E-state index contributed by atoms with van der Waals surface area (Å²) in [5, 5.41) is 13.6. The number of nitrogens with one attached hydrogen (secondary N) is 1. The molecule has 0 heterocycles. The van der Waals surface area contributed by atoms with Crippen molar-refractivity contribution >= 4 is 35.0 Å². The first kappa shape index (κ1) is 16.8. The molecule has 0 bridgehead atoms. The average molecular weight is 317 g/mol. The van der Waals surface area contributed by atoms with Crippen molar-refractivity contribution in [2.45, 2.75) is 19.3 Å². The van der Waals surface area contributed by atoms with E-state index in [1.165, 1.54) is 18.2 Å². The largest absolute Gasteiger partial charge is 0.352 e. The summed E-state index contributed by atoms with van der Waals surface area (Å²) in [7, 11) is 0. The Morgan fingerprint density at radius 2 is 2.15 bits per heavy atom. The molecule has 20 heavy (non-hydrogen) atoms. The number of amides is 1. The molecule has 1 aromatic carbocycles. The van der Waals surface area contributed by atoms with Gasteiger partial charge in [0.15, 0.2) is 0 Å². The van der Waals surface area contributed by atoms with Crippen LogP contribution in [0.4, 0.5) is 5.69 Å². The molecule has 0 aliphatic rings. The van der Waals surface area contributed by atoms with Crippen LogP contribution in [-0.4, -0.2) is 29.4 Å². The highest BCUT2D eigenvalue weighted by molar-refractivity contribution is 7.98. The van der Waals surface area contributed by atoms with E-state index >= 15 is 0 Å². The third-order valence-corrected chi connectivity index (χ3v) is 3.73. The number of para-hydroxylation sites is 1. The fourth-order valence-corrected chi connectivity index (χ4v) is 2.47. The second-order valence-electron chi connectivity index (χ2n) is 4.20. The van der Waals surface area contributed by atoms with Crippen LogP contribution in [0.1, 0.15) is 29.6 Å². The SMILES string of the molecule is CSCCCCCNC(=O)c1cccc(Cl)c1[N+](=O)[O-]. The smallest absolute Gasteiger partial charge is 0.300 e. The topological polar surface area (TPSA) is 72.2 Å². The Bertz CT molecular complexity index is 483. The zero-order valence-corrected chi connectivity index (χ0v) is 12.8. The maximum absolute atomic E-state index is 11.9. The standard InChI is InChI=1S/C13H17ClN2O3S/c1-20-9-4-2-3-8-15-13(17)10-6-5-7-11(14)12(10)16(18)19/h5-7H,2-4,8-9H2,1H3,(H,15,17). The molecule has 0 aliphatic heterocycles. The quantitative estimate of drug-likeness (QED) is 0.452. The number of halogens is 1. The van der Waals surface area contributed by atoms with Gasteiger partial charge in [-0.3, -0.25) is 14.9 Å². The van der Waals surface area contributed by atoms with E-state index in [1.54, 1.807) is 11.8 Å². The summed E-state index contributed by atoms with van der Waals surface area (Å²) in [6, 6.07) is 4.34. The normalized spacial score (nSPS) is 10.3. The minimum atomic E-state index is -0.629. The Morgan fingerprint density at radius 1 is 1.40 bits per heavy atom. The number of nitrogens with zero attached hydrogens (tertiary/aromatic N) is 1. The molecular weight excluding hydrogens is 300 g/mol. The molecule has 0 radical (unpaired) electrons. The fourth-order valence-electron chi connectivity index (χ4n) is 1.73. The summed E-state index contributed by atoms with van der Waals surface area (Å²) in [5.74, 6) is 0.650. The summed E-state index contributed by atoms with van der Waals surface area (Å²) in [6.45, 7) is 0.511. The molecule has 0 fully saturated rings. The van der Waals surface area contributed by atoms with Gasteiger partial charge < -0.3 is 5.32 Å². The molecule has 5 nitrogen and oxygen atoms in total. The molecule has 1 rings (SSSR count). The lowest BCUT2D eigenvalue weighted by molar-refractivity contribution is -0.385. The van der Waals surface area contributed by atoms with Gasteiger partial charge in [-0.15, -0.1) is 0 Å². The van der Waals surface area contributed by atoms with Crippen LogP contribution in [0.3, 0.4) is 0 Å². The van der Waals surface area contributed by atoms with Crippen molar-refractivity contribution in [3.8, 4) is 0 Å². The predicted molar refractivity (Wildman–Crippen MR) is 82.7 cm³/mol. The minimum absolute atomic E-state index is 0.00612. The first-order chi connectivity index (χ1) is 9.57. The molecule has 0 aromatic heterocycles. The van der Waals surface area contributed by atoms with Gasteiger partial charge in [-0.2, -0.15) is 11.8 Å². The van der Waals surface area contributed by atoms with E-state index in [9.17, 15) is 14.9 Å². The molecule has 1 N–H and O–H groups in total. The van der Waals surface area contributed by atoms with Gasteiger partial charge in [0.1, 0.15) is 10.6 Å². The number of thioether (sulfide) groups is 1. The molecule has 1 aromatic rings. The highest BCUT2D eigenvalue weighted by atomic mass is 35.5. The van der Waals surface area contributed by atoms with Crippen molar-refractivity contribution in [2.75, 3.05) is 18.6 Å².